The zero-order chi connectivity index (χ0) is 13.4. The number of aryl methyl sites for hydroxylation is 1. The second-order valence-electron chi connectivity index (χ2n) is 4.85. The molecule has 0 atom stereocenters. The van der Waals surface area contributed by atoms with Gasteiger partial charge in [-0.3, -0.25) is 4.79 Å². The summed E-state index contributed by atoms with van der Waals surface area (Å²) in [4.78, 5) is 18.1. The maximum absolute atomic E-state index is 12.4. The minimum Gasteiger partial charge on any atom is -0.389 e. The molecule has 1 N–H and O–H groups in total. The number of nitrogens with zero attached hydrogens (tertiary/aromatic N) is 3. The van der Waals surface area contributed by atoms with Crippen molar-refractivity contribution in [2.45, 2.75) is 13.0 Å². The number of amides is 1. The van der Waals surface area contributed by atoms with Crippen molar-refractivity contribution in [3.63, 3.8) is 0 Å². The standard InChI is InChI=1S/C14H15N3O2/c1-10-2-3-13(16-5-4-15-9-16)12(6-10)14(19)17-7-11(18)8-17/h2-6,9,11,18H,7-8H2,1H3. The van der Waals surface area contributed by atoms with E-state index in [2.05, 4.69) is 4.98 Å². The number of imidazole rings is 1. The molecule has 1 aliphatic heterocycles. The van der Waals surface area contributed by atoms with Gasteiger partial charge < -0.3 is 14.6 Å². The van der Waals surface area contributed by atoms with Gasteiger partial charge in [-0.1, -0.05) is 11.6 Å². The lowest BCUT2D eigenvalue weighted by molar-refractivity contribution is 0.00589. The van der Waals surface area contributed by atoms with Crippen LogP contribution >= 0.6 is 0 Å². The van der Waals surface area contributed by atoms with Crippen molar-refractivity contribution < 1.29 is 9.90 Å². The van der Waals surface area contributed by atoms with Crippen LogP contribution in [0.1, 0.15) is 15.9 Å². The van der Waals surface area contributed by atoms with Gasteiger partial charge in [0.1, 0.15) is 0 Å². The number of aliphatic hydroxyl groups excluding tert-OH is 1. The average Bonchev–Trinajstić information content (AvgIpc) is 2.88. The summed E-state index contributed by atoms with van der Waals surface area (Å²) in [6, 6.07) is 5.76. The summed E-state index contributed by atoms with van der Waals surface area (Å²) >= 11 is 0. The van der Waals surface area contributed by atoms with Gasteiger partial charge >= 0.3 is 0 Å². The van der Waals surface area contributed by atoms with Crippen LogP contribution in [0, 0.1) is 6.92 Å². The highest BCUT2D eigenvalue weighted by Gasteiger charge is 2.30. The number of hydrogen-bond acceptors (Lipinski definition) is 3. The Morgan fingerprint density at radius 2 is 2.21 bits per heavy atom. The van der Waals surface area contributed by atoms with Gasteiger partial charge in [0, 0.05) is 25.5 Å². The lowest BCUT2D eigenvalue weighted by Gasteiger charge is -2.36. The van der Waals surface area contributed by atoms with Crippen molar-refractivity contribution in [3.05, 3.63) is 48.0 Å². The minimum atomic E-state index is -0.384. The van der Waals surface area contributed by atoms with Crippen LogP contribution in [0.4, 0.5) is 0 Å². The van der Waals surface area contributed by atoms with Crippen LogP contribution in [-0.4, -0.2) is 44.7 Å². The summed E-state index contributed by atoms with van der Waals surface area (Å²) in [5, 5.41) is 9.31. The molecule has 2 heterocycles. The molecule has 0 unspecified atom stereocenters. The van der Waals surface area contributed by atoms with Gasteiger partial charge in [-0.05, 0) is 19.1 Å². The summed E-state index contributed by atoms with van der Waals surface area (Å²) in [7, 11) is 0. The van der Waals surface area contributed by atoms with Crippen LogP contribution in [0.15, 0.2) is 36.9 Å². The summed E-state index contributed by atoms with van der Waals surface area (Å²) in [5.74, 6) is -0.0438. The van der Waals surface area contributed by atoms with Gasteiger partial charge in [-0.15, -0.1) is 0 Å². The Morgan fingerprint density at radius 3 is 2.84 bits per heavy atom. The van der Waals surface area contributed by atoms with Crippen molar-refractivity contribution in [2.24, 2.45) is 0 Å². The molecule has 1 amide bonds. The SMILES string of the molecule is Cc1ccc(-n2ccnc2)c(C(=O)N2CC(O)C2)c1. The molecular formula is C14H15N3O2. The molecule has 0 saturated carbocycles. The van der Waals surface area contributed by atoms with E-state index in [0.717, 1.165) is 11.3 Å². The largest absolute Gasteiger partial charge is 0.389 e. The third kappa shape index (κ3) is 2.13. The van der Waals surface area contributed by atoms with Crippen molar-refractivity contribution in [1.82, 2.24) is 14.5 Å². The van der Waals surface area contributed by atoms with Crippen molar-refractivity contribution in [2.75, 3.05) is 13.1 Å². The smallest absolute Gasteiger partial charge is 0.256 e. The molecule has 5 nitrogen and oxygen atoms in total. The van der Waals surface area contributed by atoms with Gasteiger partial charge in [0.05, 0.1) is 23.7 Å². The van der Waals surface area contributed by atoms with E-state index in [1.165, 1.54) is 0 Å². The maximum atomic E-state index is 12.4. The second-order valence-corrected chi connectivity index (χ2v) is 4.85. The maximum Gasteiger partial charge on any atom is 0.256 e. The van der Waals surface area contributed by atoms with Gasteiger partial charge in [-0.25, -0.2) is 4.98 Å². The Bertz CT molecular complexity index is 601. The highest BCUT2D eigenvalue weighted by Crippen LogP contribution is 2.21. The number of hydrogen-bond donors (Lipinski definition) is 1. The van der Waals surface area contributed by atoms with Gasteiger partial charge in [-0.2, -0.15) is 0 Å². The van der Waals surface area contributed by atoms with Crippen LogP contribution in [-0.2, 0) is 0 Å². The second kappa shape index (κ2) is 4.51. The van der Waals surface area contributed by atoms with Crippen LogP contribution in [0.2, 0.25) is 0 Å². The molecule has 0 radical (unpaired) electrons. The normalized spacial score (nSPS) is 15.4. The Balaban J connectivity index is 1.99. The minimum absolute atomic E-state index is 0.0438. The number of likely N-dealkylation sites (tertiary alicyclic amines) is 1. The molecule has 3 rings (SSSR count). The van der Waals surface area contributed by atoms with E-state index in [1.54, 1.807) is 17.4 Å². The molecule has 0 bridgehead atoms. The zero-order valence-corrected chi connectivity index (χ0v) is 10.7. The van der Waals surface area contributed by atoms with E-state index in [0.29, 0.717) is 18.7 Å². The van der Waals surface area contributed by atoms with E-state index >= 15 is 0 Å². The number of rotatable bonds is 2. The molecule has 19 heavy (non-hydrogen) atoms. The summed E-state index contributed by atoms with van der Waals surface area (Å²) < 4.78 is 1.82. The van der Waals surface area contributed by atoms with Crippen molar-refractivity contribution >= 4 is 5.91 Å². The molecule has 5 heteroatoms. The van der Waals surface area contributed by atoms with Crippen LogP contribution in [0.5, 0.6) is 0 Å². The van der Waals surface area contributed by atoms with Crippen molar-refractivity contribution in [3.8, 4) is 5.69 Å². The monoisotopic (exact) mass is 257 g/mol. The molecule has 1 aromatic heterocycles. The molecule has 1 saturated heterocycles. The van der Waals surface area contributed by atoms with Crippen LogP contribution < -0.4 is 0 Å². The summed E-state index contributed by atoms with van der Waals surface area (Å²) in [6.07, 6.45) is 4.78. The molecule has 0 aliphatic carbocycles. The number of carbonyl (C=O) groups is 1. The lowest BCUT2D eigenvalue weighted by atomic mass is 10.0. The number of benzene rings is 1. The van der Waals surface area contributed by atoms with E-state index in [9.17, 15) is 9.90 Å². The number of carbonyl (C=O) groups excluding carboxylic acids is 1. The summed E-state index contributed by atoms with van der Waals surface area (Å²) in [5.41, 5.74) is 2.49. The topological polar surface area (TPSA) is 58.4 Å². The van der Waals surface area contributed by atoms with E-state index in [1.807, 2.05) is 35.9 Å². The summed E-state index contributed by atoms with van der Waals surface area (Å²) in [6.45, 7) is 2.78. The van der Waals surface area contributed by atoms with E-state index in [-0.39, 0.29) is 12.0 Å². The van der Waals surface area contributed by atoms with Crippen LogP contribution in [0.25, 0.3) is 5.69 Å². The predicted molar refractivity (Wildman–Crippen MR) is 70.2 cm³/mol. The Morgan fingerprint density at radius 1 is 1.42 bits per heavy atom. The fourth-order valence-electron chi connectivity index (χ4n) is 2.24. The quantitative estimate of drug-likeness (QED) is 0.873. The first-order valence-electron chi connectivity index (χ1n) is 6.21. The Labute approximate surface area is 111 Å². The first-order valence-corrected chi connectivity index (χ1v) is 6.21. The third-order valence-electron chi connectivity index (χ3n) is 3.31. The highest BCUT2D eigenvalue weighted by molar-refractivity contribution is 5.98. The molecule has 0 spiro atoms. The first kappa shape index (κ1) is 11.9. The first-order chi connectivity index (χ1) is 9.15. The van der Waals surface area contributed by atoms with Gasteiger partial charge in [0.2, 0.25) is 0 Å². The average molecular weight is 257 g/mol. The van der Waals surface area contributed by atoms with E-state index in [4.69, 9.17) is 0 Å². The molecule has 2 aromatic rings. The number of β-amino-alcohol motifs (C(OH)–C–C–N with tert-alkyl or cyclic N) is 1. The fourth-order valence-corrected chi connectivity index (χ4v) is 2.24. The molecule has 98 valence electrons. The number of aliphatic hydroxyl groups is 1. The van der Waals surface area contributed by atoms with E-state index < -0.39 is 0 Å². The Kier molecular flexibility index (Phi) is 2.83. The zero-order valence-electron chi connectivity index (χ0n) is 10.7. The predicted octanol–water partition coefficient (Wildman–Crippen LogP) is 0.997. The highest BCUT2D eigenvalue weighted by atomic mass is 16.3. The van der Waals surface area contributed by atoms with Crippen LogP contribution in [0.3, 0.4) is 0 Å². The van der Waals surface area contributed by atoms with Gasteiger partial charge in [0.15, 0.2) is 0 Å². The molecule has 1 aromatic carbocycles. The van der Waals surface area contributed by atoms with Gasteiger partial charge in [0.25, 0.3) is 5.91 Å². The third-order valence-corrected chi connectivity index (χ3v) is 3.31. The number of aromatic nitrogens is 2. The lowest BCUT2D eigenvalue weighted by Crippen LogP contribution is -2.53. The fraction of sp³-hybridized carbons (Fsp3) is 0.286. The molecule has 1 fully saturated rings. The molecular weight excluding hydrogens is 242 g/mol. The Hall–Kier alpha value is -2.14. The van der Waals surface area contributed by atoms with Crippen molar-refractivity contribution in [1.29, 1.82) is 0 Å². The molecule has 1 aliphatic rings.